The molecule has 1 aliphatic heterocycles. The van der Waals surface area contributed by atoms with E-state index in [1.54, 1.807) is 11.3 Å². The molecule has 0 aliphatic carbocycles. The summed E-state index contributed by atoms with van der Waals surface area (Å²) in [5.41, 5.74) is 2.81. The zero-order valence-electron chi connectivity index (χ0n) is 13.7. The summed E-state index contributed by atoms with van der Waals surface area (Å²) >= 11 is 1.58. The molecule has 1 aromatic carbocycles. The van der Waals surface area contributed by atoms with Crippen LogP contribution in [0, 0.1) is 12.8 Å². The van der Waals surface area contributed by atoms with Crippen molar-refractivity contribution in [3.05, 3.63) is 35.3 Å². The molecule has 3 rings (SSSR count). The smallest absolute Gasteiger partial charge is 0.224 e. The molecule has 1 atom stereocenters. The molecule has 1 unspecified atom stereocenters. The molecule has 7 heteroatoms. The van der Waals surface area contributed by atoms with E-state index in [4.69, 9.17) is 0 Å². The quantitative estimate of drug-likeness (QED) is 0.724. The van der Waals surface area contributed by atoms with E-state index < -0.39 is 0 Å². The average molecular weight is 367 g/mol. The van der Waals surface area contributed by atoms with E-state index in [0.717, 1.165) is 41.7 Å². The Hall–Kier alpha value is -1.63. The summed E-state index contributed by atoms with van der Waals surface area (Å²) in [5, 5.41) is 12.4. The summed E-state index contributed by atoms with van der Waals surface area (Å²) in [6.45, 7) is 4.10. The van der Waals surface area contributed by atoms with Crippen LogP contribution in [0.2, 0.25) is 0 Å². The van der Waals surface area contributed by atoms with E-state index in [2.05, 4.69) is 20.9 Å². The Morgan fingerprint density at radius 3 is 2.71 bits per heavy atom. The molecule has 2 aromatic rings. The van der Waals surface area contributed by atoms with Gasteiger partial charge in [0.2, 0.25) is 5.91 Å². The molecule has 5 nitrogen and oxygen atoms in total. The average Bonchev–Trinajstić information content (AvgIpc) is 3.19. The molecule has 0 bridgehead atoms. The fourth-order valence-corrected chi connectivity index (χ4v) is 3.40. The van der Waals surface area contributed by atoms with Gasteiger partial charge in [-0.05, 0) is 63.0 Å². The fraction of sp³-hybridized carbons (Fsp3) is 0.412. The van der Waals surface area contributed by atoms with Crippen molar-refractivity contribution in [2.24, 2.45) is 5.92 Å². The van der Waals surface area contributed by atoms with Gasteiger partial charge in [-0.15, -0.1) is 23.7 Å². The summed E-state index contributed by atoms with van der Waals surface area (Å²) in [6, 6.07) is 7.73. The maximum Gasteiger partial charge on any atom is 0.224 e. The lowest BCUT2D eigenvalue weighted by atomic mass is 10.0. The fourth-order valence-electron chi connectivity index (χ4n) is 2.69. The van der Waals surface area contributed by atoms with Crippen molar-refractivity contribution in [3.63, 3.8) is 0 Å². The van der Waals surface area contributed by atoms with Gasteiger partial charge in [-0.3, -0.25) is 4.79 Å². The maximum atomic E-state index is 12.0. The van der Waals surface area contributed by atoms with Crippen LogP contribution in [0.1, 0.15) is 25.0 Å². The zero-order valence-corrected chi connectivity index (χ0v) is 15.3. The number of hydrogen-bond donors (Lipinski definition) is 3. The number of aromatic nitrogens is 1. The van der Waals surface area contributed by atoms with E-state index >= 15 is 0 Å². The van der Waals surface area contributed by atoms with E-state index in [9.17, 15) is 4.79 Å². The lowest BCUT2D eigenvalue weighted by Crippen LogP contribution is -2.14. The first-order valence-corrected chi connectivity index (χ1v) is 8.87. The molecule has 2 heterocycles. The molecule has 0 saturated carbocycles. The monoisotopic (exact) mass is 366 g/mol. The van der Waals surface area contributed by atoms with Crippen LogP contribution in [0.3, 0.4) is 0 Å². The van der Waals surface area contributed by atoms with Crippen LogP contribution in [-0.4, -0.2) is 24.0 Å². The summed E-state index contributed by atoms with van der Waals surface area (Å²) in [4.78, 5) is 16.4. The third-order valence-electron chi connectivity index (χ3n) is 3.98. The van der Waals surface area contributed by atoms with E-state index in [1.807, 2.05) is 36.6 Å². The summed E-state index contributed by atoms with van der Waals surface area (Å²) in [6.07, 6.45) is 2.73. The predicted molar refractivity (Wildman–Crippen MR) is 103 cm³/mol. The second kappa shape index (κ2) is 9.01. The first-order chi connectivity index (χ1) is 11.2. The van der Waals surface area contributed by atoms with E-state index in [1.165, 1.54) is 6.42 Å². The number of anilines is 3. The standard InChI is InChI=1S/C17H22N4OS.ClH/c1-12-11-23-17(19-12)21-15-5-3-14(4-6-15)20-16(22)7-2-13-8-9-18-10-13;/h3-6,11,13,18H,2,7-10H2,1H3,(H,19,21)(H,20,22);1H. The molecular formula is C17H23ClN4OS. The van der Waals surface area contributed by atoms with Gasteiger partial charge in [-0.1, -0.05) is 0 Å². The van der Waals surface area contributed by atoms with Crippen LogP contribution in [0.4, 0.5) is 16.5 Å². The zero-order chi connectivity index (χ0) is 16.1. The molecule has 1 saturated heterocycles. The lowest BCUT2D eigenvalue weighted by molar-refractivity contribution is -0.116. The molecule has 1 fully saturated rings. The first-order valence-electron chi connectivity index (χ1n) is 7.99. The number of nitrogens with zero attached hydrogens (tertiary/aromatic N) is 1. The maximum absolute atomic E-state index is 12.0. The third kappa shape index (κ3) is 5.47. The SMILES string of the molecule is Cc1csc(Nc2ccc(NC(=O)CCC3CCNC3)cc2)n1.Cl. The number of amides is 1. The molecule has 0 radical (unpaired) electrons. The van der Waals surface area contributed by atoms with Crippen LogP contribution in [0.15, 0.2) is 29.6 Å². The lowest BCUT2D eigenvalue weighted by Gasteiger charge is -2.09. The highest BCUT2D eigenvalue weighted by atomic mass is 35.5. The molecule has 0 spiro atoms. The van der Waals surface area contributed by atoms with Gasteiger partial charge in [0.25, 0.3) is 0 Å². The molecule has 1 aromatic heterocycles. The number of carbonyl (C=O) groups is 1. The highest BCUT2D eigenvalue weighted by molar-refractivity contribution is 7.13. The number of nitrogens with one attached hydrogen (secondary N) is 3. The molecule has 24 heavy (non-hydrogen) atoms. The van der Waals surface area contributed by atoms with Gasteiger partial charge in [-0.2, -0.15) is 0 Å². The number of rotatable bonds is 6. The molecule has 3 N–H and O–H groups in total. The van der Waals surface area contributed by atoms with Crippen LogP contribution < -0.4 is 16.0 Å². The van der Waals surface area contributed by atoms with Crippen molar-refractivity contribution < 1.29 is 4.79 Å². The van der Waals surface area contributed by atoms with Gasteiger partial charge >= 0.3 is 0 Å². The van der Waals surface area contributed by atoms with Gasteiger partial charge in [0.15, 0.2) is 5.13 Å². The minimum Gasteiger partial charge on any atom is -0.332 e. The number of carbonyl (C=O) groups excluding carboxylic acids is 1. The number of thiazole rings is 1. The van der Waals surface area contributed by atoms with Crippen molar-refractivity contribution >= 4 is 46.2 Å². The Bertz CT molecular complexity index is 653. The number of halogens is 1. The predicted octanol–water partition coefficient (Wildman–Crippen LogP) is 3.95. The Labute approximate surface area is 152 Å². The number of hydrogen-bond acceptors (Lipinski definition) is 5. The van der Waals surface area contributed by atoms with Crippen LogP contribution in [-0.2, 0) is 4.79 Å². The highest BCUT2D eigenvalue weighted by Gasteiger charge is 2.15. The van der Waals surface area contributed by atoms with Crippen molar-refractivity contribution in [2.75, 3.05) is 23.7 Å². The van der Waals surface area contributed by atoms with Gasteiger partial charge in [-0.25, -0.2) is 4.98 Å². The van der Waals surface area contributed by atoms with Crippen molar-refractivity contribution in [3.8, 4) is 0 Å². The van der Waals surface area contributed by atoms with Crippen LogP contribution in [0.25, 0.3) is 0 Å². The van der Waals surface area contributed by atoms with Gasteiger partial charge < -0.3 is 16.0 Å². The number of aryl methyl sites for hydroxylation is 1. The Morgan fingerprint density at radius 1 is 1.33 bits per heavy atom. The van der Waals surface area contributed by atoms with E-state index in [-0.39, 0.29) is 18.3 Å². The third-order valence-corrected chi connectivity index (χ3v) is 4.86. The minimum absolute atomic E-state index is 0. The van der Waals surface area contributed by atoms with Gasteiger partial charge in [0.05, 0.1) is 5.69 Å². The Kier molecular flexibility index (Phi) is 7.02. The highest BCUT2D eigenvalue weighted by Crippen LogP contribution is 2.22. The summed E-state index contributed by atoms with van der Waals surface area (Å²) in [5.74, 6) is 0.738. The summed E-state index contributed by atoms with van der Waals surface area (Å²) in [7, 11) is 0. The van der Waals surface area contributed by atoms with Crippen molar-refractivity contribution in [1.29, 1.82) is 0 Å². The van der Waals surface area contributed by atoms with Crippen molar-refractivity contribution in [2.45, 2.75) is 26.2 Å². The largest absolute Gasteiger partial charge is 0.332 e. The molecule has 1 amide bonds. The van der Waals surface area contributed by atoms with Crippen LogP contribution in [0.5, 0.6) is 0 Å². The Balaban J connectivity index is 0.00000208. The minimum atomic E-state index is 0. The Morgan fingerprint density at radius 2 is 2.08 bits per heavy atom. The summed E-state index contributed by atoms with van der Waals surface area (Å²) < 4.78 is 0. The van der Waals surface area contributed by atoms with Gasteiger partial charge in [0.1, 0.15) is 0 Å². The topological polar surface area (TPSA) is 66.0 Å². The second-order valence-electron chi connectivity index (χ2n) is 5.94. The molecule has 130 valence electrons. The molecular weight excluding hydrogens is 344 g/mol. The number of benzene rings is 1. The first kappa shape index (κ1) is 18.7. The second-order valence-corrected chi connectivity index (χ2v) is 6.80. The van der Waals surface area contributed by atoms with Gasteiger partial charge in [0, 0.05) is 23.2 Å². The normalized spacial score (nSPS) is 16.5. The van der Waals surface area contributed by atoms with E-state index in [0.29, 0.717) is 12.3 Å². The van der Waals surface area contributed by atoms with Crippen molar-refractivity contribution in [1.82, 2.24) is 10.3 Å². The van der Waals surface area contributed by atoms with Crippen LogP contribution >= 0.6 is 23.7 Å². The molecule has 1 aliphatic rings.